The predicted octanol–water partition coefficient (Wildman–Crippen LogP) is 2.96. The monoisotopic (exact) mass is 440 g/mol. The number of thioether (sulfide) groups is 1. The van der Waals surface area contributed by atoms with Crippen LogP contribution in [0.25, 0.3) is 11.5 Å². The Bertz CT molecular complexity index is 766. The first kappa shape index (κ1) is 20.4. The van der Waals surface area contributed by atoms with Gasteiger partial charge in [0.05, 0.1) is 12.3 Å². The Labute approximate surface area is 165 Å². The molecule has 0 spiro atoms. The highest BCUT2D eigenvalue weighted by atomic mass is 79.9. The fourth-order valence-corrected chi connectivity index (χ4v) is 3.20. The number of benzene rings is 1. The molecule has 7 nitrogen and oxygen atoms in total. The van der Waals surface area contributed by atoms with Crippen molar-refractivity contribution in [1.82, 2.24) is 20.4 Å². The molecule has 1 aromatic carbocycles. The number of nitrogens with zero attached hydrogens (tertiary/aromatic N) is 3. The highest BCUT2D eigenvalue weighted by Crippen LogP contribution is 2.25. The Morgan fingerprint density at radius 1 is 1.35 bits per heavy atom. The molecule has 0 atom stereocenters. The number of nitrogens with one attached hydrogen (secondary N) is 1. The minimum absolute atomic E-state index is 0.0421. The minimum Gasteiger partial charge on any atom is -0.411 e. The van der Waals surface area contributed by atoms with E-state index in [1.54, 1.807) is 0 Å². The van der Waals surface area contributed by atoms with Crippen LogP contribution in [0.1, 0.15) is 20.8 Å². The van der Waals surface area contributed by atoms with Gasteiger partial charge in [-0.25, -0.2) is 0 Å². The SMILES string of the molecule is CCN(CC(=O)NC(C)C)C(=O)CSc1nnc(-c2cccc(Br)c2)o1. The van der Waals surface area contributed by atoms with E-state index in [1.165, 1.54) is 4.90 Å². The standard InChI is InChI=1S/C17H21BrN4O3S/c1-4-22(9-14(23)19-11(2)3)15(24)10-26-17-21-20-16(25-17)12-6-5-7-13(18)8-12/h5-8,11H,4,9-10H2,1-3H3,(H,19,23). The number of carbonyl (C=O) groups excluding carboxylic acids is 2. The average Bonchev–Trinajstić information content (AvgIpc) is 3.06. The zero-order chi connectivity index (χ0) is 19.1. The van der Waals surface area contributed by atoms with Crippen molar-refractivity contribution in [3.63, 3.8) is 0 Å². The third-order valence-corrected chi connectivity index (χ3v) is 4.61. The van der Waals surface area contributed by atoms with Crippen molar-refractivity contribution in [1.29, 1.82) is 0 Å². The molecule has 0 aliphatic carbocycles. The molecule has 2 amide bonds. The summed E-state index contributed by atoms with van der Waals surface area (Å²) in [5.74, 6) is 0.196. The van der Waals surface area contributed by atoms with E-state index in [-0.39, 0.29) is 30.2 Å². The highest BCUT2D eigenvalue weighted by molar-refractivity contribution is 9.10. The zero-order valence-electron chi connectivity index (χ0n) is 14.9. The van der Waals surface area contributed by atoms with E-state index in [1.807, 2.05) is 45.0 Å². The second-order valence-electron chi connectivity index (χ2n) is 5.80. The number of amides is 2. The molecular formula is C17H21BrN4O3S. The van der Waals surface area contributed by atoms with Gasteiger partial charge in [-0.1, -0.05) is 33.8 Å². The number of rotatable bonds is 8. The van der Waals surface area contributed by atoms with Gasteiger partial charge < -0.3 is 14.6 Å². The van der Waals surface area contributed by atoms with E-state index in [4.69, 9.17) is 4.42 Å². The van der Waals surface area contributed by atoms with Crippen LogP contribution in [0.15, 0.2) is 38.4 Å². The number of aromatic nitrogens is 2. The Hall–Kier alpha value is -1.87. The second-order valence-corrected chi connectivity index (χ2v) is 7.64. The summed E-state index contributed by atoms with van der Waals surface area (Å²) in [6.45, 7) is 6.09. The van der Waals surface area contributed by atoms with Crippen LogP contribution < -0.4 is 5.32 Å². The van der Waals surface area contributed by atoms with Gasteiger partial charge in [-0.05, 0) is 39.0 Å². The molecule has 2 aromatic rings. The first-order valence-electron chi connectivity index (χ1n) is 8.18. The molecule has 0 saturated carbocycles. The molecular weight excluding hydrogens is 420 g/mol. The lowest BCUT2D eigenvalue weighted by Gasteiger charge is -2.20. The van der Waals surface area contributed by atoms with E-state index in [0.29, 0.717) is 17.7 Å². The van der Waals surface area contributed by atoms with Crippen molar-refractivity contribution in [3.05, 3.63) is 28.7 Å². The van der Waals surface area contributed by atoms with Crippen molar-refractivity contribution in [3.8, 4) is 11.5 Å². The van der Waals surface area contributed by atoms with Crippen LogP contribution in [0.2, 0.25) is 0 Å². The smallest absolute Gasteiger partial charge is 0.277 e. The summed E-state index contributed by atoms with van der Waals surface area (Å²) in [5, 5.41) is 11.1. The van der Waals surface area contributed by atoms with E-state index in [0.717, 1.165) is 21.8 Å². The van der Waals surface area contributed by atoms with E-state index in [9.17, 15) is 9.59 Å². The average molecular weight is 441 g/mol. The fraction of sp³-hybridized carbons (Fsp3) is 0.412. The summed E-state index contributed by atoms with van der Waals surface area (Å²) in [5.41, 5.74) is 0.797. The van der Waals surface area contributed by atoms with Crippen molar-refractivity contribution in [2.45, 2.75) is 32.0 Å². The van der Waals surface area contributed by atoms with Gasteiger partial charge in [0.1, 0.15) is 0 Å². The van der Waals surface area contributed by atoms with Crippen LogP contribution in [0.4, 0.5) is 0 Å². The summed E-state index contributed by atoms with van der Waals surface area (Å²) in [4.78, 5) is 25.6. The van der Waals surface area contributed by atoms with Crippen LogP contribution in [0, 0.1) is 0 Å². The van der Waals surface area contributed by atoms with Crippen LogP contribution in [0.5, 0.6) is 0 Å². The van der Waals surface area contributed by atoms with Crippen molar-refractivity contribution in [2.75, 3.05) is 18.8 Å². The maximum absolute atomic E-state index is 12.3. The summed E-state index contributed by atoms with van der Waals surface area (Å²) >= 11 is 4.55. The van der Waals surface area contributed by atoms with Crippen LogP contribution in [-0.4, -0.2) is 51.8 Å². The molecule has 0 unspecified atom stereocenters. The van der Waals surface area contributed by atoms with Crippen molar-refractivity contribution < 1.29 is 14.0 Å². The lowest BCUT2D eigenvalue weighted by atomic mass is 10.2. The summed E-state index contributed by atoms with van der Waals surface area (Å²) in [6, 6.07) is 7.56. The van der Waals surface area contributed by atoms with Gasteiger partial charge >= 0.3 is 0 Å². The first-order valence-corrected chi connectivity index (χ1v) is 9.96. The molecule has 0 fully saturated rings. The number of likely N-dealkylation sites (N-methyl/N-ethyl adjacent to an activating group) is 1. The second kappa shape index (κ2) is 9.72. The molecule has 1 N–H and O–H groups in total. The summed E-state index contributed by atoms with van der Waals surface area (Å²) in [6.07, 6.45) is 0. The lowest BCUT2D eigenvalue weighted by Crippen LogP contribution is -2.43. The molecule has 26 heavy (non-hydrogen) atoms. The molecule has 0 aliphatic heterocycles. The third kappa shape index (κ3) is 6.14. The van der Waals surface area contributed by atoms with Gasteiger partial charge in [0.15, 0.2) is 0 Å². The van der Waals surface area contributed by atoms with Gasteiger partial charge in [0.2, 0.25) is 17.7 Å². The molecule has 0 bridgehead atoms. The minimum atomic E-state index is -0.171. The first-order chi connectivity index (χ1) is 12.4. The van der Waals surface area contributed by atoms with Crippen molar-refractivity contribution in [2.24, 2.45) is 0 Å². The van der Waals surface area contributed by atoms with Crippen LogP contribution in [-0.2, 0) is 9.59 Å². The molecule has 140 valence electrons. The van der Waals surface area contributed by atoms with Crippen molar-refractivity contribution >= 4 is 39.5 Å². The Balaban J connectivity index is 1.91. The molecule has 9 heteroatoms. The number of hydrogen-bond donors (Lipinski definition) is 1. The van der Waals surface area contributed by atoms with E-state index >= 15 is 0 Å². The molecule has 1 heterocycles. The van der Waals surface area contributed by atoms with Gasteiger partial charge in [0.25, 0.3) is 5.22 Å². The summed E-state index contributed by atoms with van der Waals surface area (Å²) < 4.78 is 6.50. The van der Waals surface area contributed by atoms with Crippen LogP contribution in [0.3, 0.4) is 0 Å². The normalized spacial score (nSPS) is 10.8. The Kier molecular flexibility index (Phi) is 7.65. The van der Waals surface area contributed by atoms with Crippen LogP contribution >= 0.6 is 27.7 Å². The Morgan fingerprint density at radius 3 is 2.77 bits per heavy atom. The topological polar surface area (TPSA) is 88.3 Å². The van der Waals surface area contributed by atoms with E-state index < -0.39 is 0 Å². The van der Waals surface area contributed by atoms with E-state index in [2.05, 4.69) is 31.4 Å². The maximum Gasteiger partial charge on any atom is 0.277 e. The van der Waals surface area contributed by atoms with Gasteiger partial charge in [-0.3, -0.25) is 9.59 Å². The zero-order valence-corrected chi connectivity index (χ0v) is 17.3. The highest BCUT2D eigenvalue weighted by Gasteiger charge is 2.18. The molecule has 2 rings (SSSR count). The predicted molar refractivity (Wildman–Crippen MR) is 104 cm³/mol. The maximum atomic E-state index is 12.3. The number of halogens is 1. The molecule has 1 aromatic heterocycles. The number of carbonyl (C=O) groups is 2. The largest absolute Gasteiger partial charge is 0.411 e. The summed E-state index contributed by atoms with van der Waals surface area (Å²) in [7, 11) is 0. The Morgan fingerprint density at radius 2 is 2.12 bits per heavy atom. The quantitative estimate of drug-likeness (QED) is 0.634. The van der Waals surface area contributed by atoms with Gasteiger partial charge in [0, 0.05) is 22.6 Å². The third-order valence-electron chi connectivity index (χ3n) is 3.32. The lowest BCUT2D eigenvalue weighted by molar-refractivity contribution is -0.134. The molecule has 0 saturated heterocycles. The molecule has 0 radical (unpaired) electrons. The number of hydrogen-bond acceptors (Lipinski definition) is 6. The van der Waals surface area contributed by atoms with Gasteiger partial charge in [-0.2, -0.15) is 0 Å². The fourth-order valence-electron chi connectivity index (χ4n) is 2.14. The van der Waals surface area contributed by atoms with Gasteiger partial charge in [-0.15, -0.1) is 10.2 Å². The molecule has 0 aliphatic rings.